The van der Waals surface area contributed by atoms with E-state index in [1.165, 1.54) is 0 Å². The molecule has 0 saturated heterocycles. The minimum atomic E-state index is 0.252. The third-order valence-electron chi connectivity index (χ3n) is 1.06. The summed E-state index contributed by atoms with van der Waals surface area (Å²) in [6, 6.07) is 0. The first-order chi connectivity index (χ1) is 2.56. The molecule has 0 aliphatic carbocycles. The molecule has 0 radical (unpaired) electrons. The van der Waals surface area contributed by atoms with Gasteiger partial charge in [0.2, 0.25) is 0 Å². The largest absolute Gasteiger partial charge is 0.368 e. The number of rotatable bonds is 0. The minimum absolute atomic E-state index is 0.252. The predicted octanol–water partition coefficient (Wildman–Crippen LogP) is 1.96. The molecule has 0 aliphatic heterocycles. The molecule has 0 aromatic rings. The summed E-state index contributed by atoms with van der Waals surface area (Å²) in [5, 5.41) is 2.35. The second kappa shape index (κ2) is 2.17. The van der Waals surface area contributed by atoms with E-state index in [-0.39, 0.29) is 20.4 Å². The SMILES string of the molecule is [CH3][Mg][C](C)(C)C. The van der Waals surface area contributed by atoms with E-state index in [0.717, 1.165) is 0 Å². The zero-order valence-electron chi connectivity index (χ0n) is 5.21. The fraction of sp³-hybridized carbons (Fsp3) is 1.00. The Morgan fingerprint density at radius 2 is 1.33 bits per heavy atom. The molecular weight excluding hydrogens is 84.4 g/mol. The van der Waals surface area contributed by atoms with Crippen LogP contribution in [-0.4, -0.2) is 20.4 Å². The highest BCUT2D eigenvalue weighted by Gasteiger charge is 2.07. The Morgan fingerprint density at radius 3 is 1.33 bits per heavy atom. The van der Waals surface area contributed by atoms with E-state index in [2.05, 4.69) is 25.8 Å². The lowest BCUT2D eigenvalue weighted by atomic mass is 10.2. The smallest absolute Gasteiger partial charge is 0.156 e. The fourth-order valence-corrected chi connectivity index (χ4v) is 0. The molecule has 0 amide bonds. The van der Waals surface area contributed by atoms with Crippen molar-refractivity contribution in [2.24, 2.45) is 0 Å². The highest BCUT2D eigenvalue weighted by molar-refractivity contribution is 6.37. The highest BCUT2D eigenvalue weighted by atomic mass is 24.5. The van der Waals surface area contributed by atoms with Gasteiger partial charge in [0.15, 0.2) is 0 Å². The van der Waals surface area contributed by atoms with Crippen LogP contribution in [0.25, 0.3) is 0 Å². The maximum absolute atomic E-state index is 2.35. The van der Waals surface area contributed by atoms with Crippen molar-refractivity contribution in [3.63, 3.8) is 0 Å². The van der Waals surface area contributed by atoms with Crippen molar-refractivity contribution in [2.45, 2.75) is 29.4 Å². The molecule has 0 atom stereocenters. The van der Waals surface area contributed by atoms with Gasteiger partial charge in [0, 0.05) is 0 Å². The van der Waals surface area contributed by atoms with Gasteiger partial charge in [-0.2, -0.15) is 5.05 Å². The van der Waals surface area contributed by atoms with E-state index in [1.54, 1.807) is 0 Å². The highest BCUT2D eigenvalue weighted by Crippen LogP contribution is 2.18. The van der Waals surface area contributed by atoms with Gasteiger partial charge < -0.3 is 0 Å². The third-order valence-corrected chi connectivity index (χ3v) is 3.18. The lowest BCUT2D eigenvalue weighted by Gasteiger charge is -2.11. The Morgan fingerprint density at radius 1 is 1.17 bits per heavy atom. The first kappa shape index (κ1) is 6.77. The van der Waals surface area contributed by atoms with E-state index in [1.807, 2.05) is 0 Å². The Balaban J connectivity index is 3.17. The summed E-state index contributed by atoms with van der Waals surface area (Å²) in [7, 11) is 0. The quantitative estimate of drug-likeness (QED) is 0.405. The summed E-state index contributed by atoms with van der Waals surface area (Å²) in [6.45, 7) is 6.91. The second-order valence-electron chi connectivity index (χ2n) is 2.91. The Labute approximate surface area is 50.0 Å². The molecule has 0 saturated carbocycles. The molecule has 1 heteroatoms. The first-order valence-electron chi connectivity index (χ1n) is 2.56. The van der Waals surface area contributed by atoms with E-state index in [4.69, 9.17) is 0 Å². The van der Waals surface area contributed by atoms with Crippen LogP contribution in [0.3, 0.4) is 0 Å². The van der Waals surface area contributed by atoms with Gasteiger partial charge in [-0.15, -0.1) is 3.54 Å². The summed E-state index contributed by atoms with van der Waals surface area (Å²) < 4.78 is 0.681. The maximum Gasteiger partial charge on any atom is 0.368 e. The zero-order valence-corrected chi connectivity index (χ0v) is 6.62. The normalized spacial score (nSPS) is 10.7. The van der Waals surface area contributed by atoms with Crippen LogP contribution < -0.4 is 0 Å². The van der Waals surface area contributed by atoms with Gasteiger partial charge in [-0.05, 0) is 0 Å². The van der Waals surface area contributed by atoms with Crippen molar-refractivity contribution in [1.82, 2.24) is 0 Å². The van der Waals surface area contributed by atoms with Crippen LogP contribution >= 0.6 is 0 Å². The minimum Gasteiger partial charge on any atom is -0.156 e. The molecular formula is C5H12Mg. The van der Waals surface area contributed by atoms with Gasteiger partial charge in [-0.25, -0.2) is 0 Å². The summed E-state index contributed by atoms with van der Waals surface area (Å²) >= 11 is 0.252. The first-order valence-corrected chi connectivity index (χ1v) is 4.68. The van der Waals surface area contributed by atoms with Crippen LogP contribution in [0.15, 0.2) is 0 Å². The molecule has 0 heterocycles. The van der Waals surface area contributed by atoms with Gasteiger partial charge in [0.25, 0.3) is 0 Å². The van der Waals surface area contributed by atoms with E-state index >= 15 is 0 Å². The number of hydrogen-bond donors (Lipinski definition) is 0. The van der Waals surface area contributed by atoms with Gasteiger partial charge in [-0.3, -0.25) is 0 Å². The molecule has 0 bridgehead atoms. The molecule has 0 fully saturated rings. The summed E-state index contributed by atoms with van der Waals surface area (Å²) in [5.41, 5.74) is 0. The van der Waals surface area contributed by atoms with Crippen molar-refractivity contribution in [2.75, 3.05) is 0 Å². The van der Waals surface area contributed by atoms with Crippen LogP contribution in [0, 0.1) is 0 Å². The maximum atomic E-state index is 2.35. The molecule has 6 heavy (non-hydrogen) atoms. The van der Waals surface area contributed by atoms with Crippen molar-refractivity contribution in [1.29, 1.82) is 0 Å². The van der Waals surface area contributed by atoms with Gasteiger partial charge in [-0.1, -0.05) is 20.8 Å². The van der Waals surface area contributed by atoms with Crippen LogP contribution in [0.2, 0.25) is 8.60 Å². The molecule has 0 N–H and O–H groups in total. The van der Waals surface area contributed by atoms with Crippen molar-refractivity contribution in [3.05, 3.63) is 0 Å². The fourth-order valence-electron chi connectivity index (χ4n) is 0. The molecule has 0 rings (SSSR count). The zero-order chi connectivity index (χ0) is 5.21. The van der Waals surface area contributed by atoms with Crippen molar-refractivity contribution in [3.8, 4) is 0 Å². The molecule has 0 aromatic carbocycles. The standard InChI is InChI=1S/C4H9.CH3.Mg/c1-4(2)3;;/h1-3H3;1H3;. The molecule has 0 aliphatic rings. The van der Waals surface area contributed by atoms with E-state index in [9.17, 15) is 0 Å². The van der Waals surface area contributed by atoms with Crippen LogP contribution in [0.1, 0.15) is 20.8 Å². The summed E-state index contributed by atoms with van der Waals surface area (Å²) in [4.78, 5) is 0. The van der Waals surface area contributed by atoms with Crippen molar-refractivity contribution < 1.29 is 0 Å². The van der Waals surface area contributed by atoms with Gasteiger partial charge in [0.1, 0.15) is 0 Å². The Bertz CT molecular complexity index is 33.7. The molecule has 0 unspecified atom stereocenters. The molecule has 0 aromatic heterocycles. The van der Waals surface area contributed by atoms with Crippen LogP contribution in [0.5, 0.6) is 0 Å². The molecule has 0 spiro atoms. The van der Waals surface area contributed by atoms with Crippen LogP contribution in [0.4, 0.5) is 0 Å². The van der Waals surface area contributed by atoms with E-state index < -0.39 is 0 Å². The molecule has 0 nitrogen and oxygen atoms in total. The topological polar surface area (TPSA) is 0 Å². The monoisotopic (exact) mass is 96.1 g/mol. The predicted molar refractivity (Wildman–Crippen MR) is 31.3 cm³/mol. The van der Waals surface area contributed by atoms with Crippen molar-refractivity contribution >= 4 is 20.4 Å². The van der Waals surface area contributed by atoms with Gasteiger partial charge in [0.05, 0.1) is 0 Å². The van der Waals surface area contributed by atoms with Crippen LogP contribution in [-0.2, 0) is 0 Å². The Kier molecular flexibility index (Phi) is 2.45. The average Bonchev–Trinajstić information content (AvgIpc) is 1.35. The van der Waals surface area contributed by atoms with E-state index in [0.29, 0.717) is 3.54 Å². The second-order valence-corrected chi connectivity index (χ2v) is 5.74. The lowest BCUT2D eigenvalue weighted by Crippen LogP contribution is -2.01. The average molecular weight is 96.5 g/mol. The number of hydrogen-bond acceptors (Lipinski definition) is 0. The lowest BCUT2D eigenvalue weighted by molar-refractivity contribution is 0.756. The summed E-state index contributed by atoms with van der Waals surface area (Å²) in [5.74, 6) is 0. The van der Waals surface area contributed by atoms with Gasteiger partial charge >= 0.3 is 20.4 Å². The third kappa shape index (κ3) is 4.77. The Hall–Kier alpha value is 0.766. The summed E-state index contributed by atoms with van der Waals surface area (Å²) in [6.07, 6.45) is 0. The molecule has 34 valence electrons.